The Balaban J connectivity index is 2.95. The van der Waals surface area contributed by atoms with Crippen LogP contribution in [0.5, 0.6) is 0 Å². The van der Waals surface area contributed by atoms with Crippen LogP contribution in [0, 0.1) is 0 Å². The first-order valence-electron chi connectivity index (χ1n) is 4.72. The Morgan fingerprint density at radius 3 is 2.88 bits per heavy atom. The van der Waals surface area contributed by atoms with E-state index in [1.807, 2.05) is 6.92 Å². The van der Waals surface area contributed by atoms with Crippen molar-refractivity contribution in [2.75, 3.05) is 19.3 Å². The second-order valence-corrected chi connectivity index (χ2v) is 4.08. The third-order valence-corrected chi connectivity index (χ3v) is 2.25. The number of likely N-dealkylation sites (N-methyl/N-ethyl adjacent to an activating group) is 1. The van der Waals surface area contributed by atoms with Crippen LogP contribution >= 0.6 is 11.6 Å². The number of carbonyl (C=O) groups is 1. The van der Waals surface area contributed by atoms with Crippen molar-refractivity contribution >= 4 is 23.2 Å². The van der Waals surface area contributed by atoms with Gasteiger partial charge in [-0.3, -0.25) is 4.79 Å². The summed E-state index contributed by atoms with van der Waals surface area (Å²) in [5, 5.41) is 0.160. The second kappa shape index (κ2) is 4.99. The lowest BCUT2D eigenvalue weighted by molar-refractivity contribution is 0.0807. The Kier molecular flexibility index (Phi) is 3.90. The number of anilines is 1. The maximum absolute atomic E-state index is 12.0. The van der Waals surface area contributed by atoms with Gasteiger partial charge in [0.15, 0.2) is 0 Å². The molecule has 5 heteroatoms. The first-order chi connectivity index (χ1) is 7.41. The summed E-state index contributed by atoms with van der Waals surface area (Å²) in [7, 11) is 1.68. The normalized spacial score (nSPS) is 9.94. The number of aromatic nitrogens is 1. The molecule has 0 aliphatic heterocycles. The topological polar surface area (TPSA) is 59.2 Å². The highest BCUT2D eigenvalue weighted by Crippen LogP contribution is 2.17. The lowest BCUT2D eigenvalue weighted by atomic mass is 10.2. The number of halogens is 1. The van der Waals surface area contributed by atoms with E-state index in [4.69, 9.17) is 17.3 Å². The molecule has 0 fully saturated rings. The Morgan fingerprint density at radius 1 is 1.69 bits per heavy atom. The zero-order chi connectivity index (χ0) is 12.3. The lowest BCUT2D eigenvalue weighted by Crippen LogP contribution is -2.28. The molecule has 2 N–H and O–H groups in total. The van der Waals surface area contributed by atoms with Gasteiger partial charge in [0.05, 0.1) is 17.4 Å². The third-order valence-electron chi connectivity index (χ3n) is 1.94. The van der Waals surface area contributed by atoms with Gasteiger partial charge in [-0.15, -0.1) is 0 Å². The van der Waals surface area contributed by atoms with E-state index in [9.17, 15) is 4.79 Å². The molecule has 0 saturated heterocycles. The van der Waals surface area contributed by atoms with Crippen molar-refractivity contribution in [1.82, 2.24) is 9.88 Å². The molecule has 86 valence electrons. The molecular weight excluding hydrogens is 226 g/mol. The van der Waals surface area contributed by atoms with E-state index in [1.165, 1.54) is 17.2 Å². The van der Waals surface area contributed by atoms with Crippen LogP contribution in [-0.4, -0.2) is 29.4 Å². The van der Waals surface area contributed by atoms with E-state index in [0.717, 1.165) is 5.57 Å². The molecule has 4 nitrogen and oxygen atoms in total. The van der Waals surface area contributed by atoms with Gasteiger partial charge in [0.25, 0.3) is 5.91 Å². The molecule has 0 aliphatic rings. The number of amides is 1. The van der Waals surface area contributed by atoms with Crippen molar-refractivity contribution in [3.8, 4) is 0 Å². The van der Waals surface area contributed by atoms with Crippen LogP contribution in [0.2, 0.25) is 5.15 Å². The average molecular weight is 240 g/mol. The fourth-order valence-electron chi connectivity index (χ4n) is 1.30. The fraction of sp³-hybridized carbons (Fsp3) is 0.273. The maximum Gasteiger partial charge on any atom is 0.257 e. The van der Waals surface area contributed by atoms with Crippen molar-refractivity contribution < 1.29 is 4.79 Å². The summed E-state index contributed by atoms with van der Waals surface area (Å²) in [6.07, 6.45) is 1.41. The maximum atomic E-state index is 12.0. The molecule has 1 heterocycles. The molecule has 1 amide bonds. The van der Waals surface area contributed by atoms with E-state index in [2.05, 4.69) is 11.6 Å². The zero-order valence-electron chi connectivity index (χ0n) is 9.33. The standard InChI is InChI=1S/C11H14ClN3O/c1-7(2)6-15(3)11(16)9-4-8(13)5-14-10(9)12/h4-5H,1,6,13H2,2-3H3. The van der Waals surface area contributed by atoms with Gasteiger partial charge in [-0.25, -0.2) is 4.98 Å². The Morgan fingerprint density at radius 2 is 2.31 bits per heavy atom. The van der Waals surface area contributed by atoms with E-state index in [1.54, 1.807) is 7.05 Å². The summed E-state index contributed by atoms with van der Waals surface area (Å²) < 4.78 is 0. The van der Waals surface area contributed by atoms with Gasteiger partial charge >= 0.3 is 0 Å². The van der Waals surface area contributed by atoms with Gasteiger partial charge in [-0.05, 0) is 13.0 Å². The van der Waals surface area contributed by atoms with Crippen LogP contribution in [0.25, 0.3) is 0 Å². The molecule has 1 aromatic rings. The highest BCUT2D eigenvalue weighted by atomic mass is 35.5. The zero-order valence-corrected chi connectivity index (χ0v) is 10.1. The number of rotatable bonds is 3. The van der Waals surface area contributed by atoms with Crippen LogP contribution in [-0.2, 0) is 0 Å². The highest BCUT2D eigenvalue weighted by Gasteiger charge is 2.16. The predicted octanol–water partition coefficient (Wildman–Crippen LogP) is 1.97. The Bertz CT molecular complexity index is 431. The smallest absolute Gasteiger partial charge is 0.257 e. The summed E-state index contributed by atoms with van der Waals surface area (Å²) in [6, 6.07) is 1.52. The fourth-order valence-corrected chi connectivity index (χ4v) is 1.48. The highest BCUT2D eigenvalue weighted by molar-refractivity contribution is 6.32. The number of hydrogen-bond acceptors (Lipinski definition) is 3. The van der Waals surface area contributed by atoms with Gasteiger partial charge in [-0.2, -0.15) is 0 Å². The third kappa shape index (κ3) is 2.97. The van der Waals surface area contributed by atoms with Crippen LogP contribution in [0.1, 0.15) is 17.3 Å². The van der Waals surface area contributed by atoms with Gasteiger partial charge in [0.1, 0.15) is 5.15 Å². The summed E-state index contributed by atoms with van der Waals surface area (Å²) in [4.78, 5) is 17.3. The Hall–Kier alpha value is -1.55. The SMILES string of the molecule is C=C(C)CN(C)C(=O)c1cc(N)cnc1Cl. The van der Waals surface area contributed by atoms with Gasteiger partial charge in [0, 0.05) is 13.6 Å². The molecule has 0 bridgehead atoms. The molecule has 0 spiro atoms. The first kappa shape index (κ1) is 12.5. The van der Waals surface area contributed by atoms with Crippen molar-refractivity contribution in [1.29, 1.82) is 0 Å². The molecule has 0 saturated carbocycles. The van der Waals surface area contributed by atoms with Crippen LogP contribution in [0.4, 0.5) is 5.69 Å². The second-order valence-electron chi connectivity index (χ2n) is 3.73. The molecule has 0 aliphatic carbocycles. The number of nitrogen functional groups attached to an aromatic ring is 1. The number of hydrogen-bond donors (Lipinski definition) is 1. The van der Waals surface area contributed by atoms with Crippen molar-refractivity contribution in [2.45, 2.75) is 6.92 Å². The number of carbonyl (C=O) groups excluding carboxylic acids is 1. The van der Waals surface area contributed by atoms with Gasteiger partial charge in [0.2, 0.25) is 0 Å². The van der Waals surface area contributed by atoms with E-state index in [-0.39, 0.29) is 11.1 Å². The van der Waals surface area contributed by atoms with Crippen LogP contribution in [0.15, 0.2) is 24.4 Å². The van der Waals surface area contributed by atoms with Crippen molar-refractivity contribution in [3.05, 3.63) is 35.1 Å². The molecule has 1 aromatic heterocycles. The molecule has 0 radical (unpaired) electrons. The van der Waals surface area contributed by atoms with Crippen LogP contribution in [0.3, 0.4) is 0 Å². The van der Waals surface area contributed by atoms with E-state index in [0.29, 0.717) is 17.8 Å². The minimum absolute atomic E-state index is 0.160. The average Bonchev–Trinajstić information content (AvgIpc) is 2.19. The number of pyridine rings is 1. The largest absolute Gasteiger partial charge is 0.397 e. The summed E-state index contributed by atoms with van der Waals surface area (Å²) in [5.74, 6) is -0.215. The molecule has 0 aromatic carbocycles. The van der Waals surface area contributed by atoms with Gasteiger partial charge < -0.3 is 10.6 Å². The summed E-state index contributed by atoms with van der Waals surface area (Å²) in [5.41, 5.74) is 7.17. The molecule has 16 heavy (non-hydrogen) atoms. The van der Waals surface area contributed by atoms with Crippen LogP contribution < -0.4 is 5.73 Å². The first-order valence-corrected chi connectivity index (χ1v) is 5.10. The van der Waals surface area contributed by atoms with Gasteiger partial charge in [-0.1, -0.05) is 23.8 Å². The molecule has 0 atom stereocenters. The number of nitrogens with two attached hydrogens (primary N) is 1. The molecular formula is C11H14ClN3O. The number of nitrogens with zero attached hydrogens (tertiary/aromatic N) is 2. The monoisotopic (exact) mass is 239 g/mol. The Labute approximate surface area is 99.7 Å². The predicted molar refractivity (Wildman–Crippen MR) is 65.4 cm³/mol. The van der Waals surface area contributed by atoms with Crippen molar-refractivity contribution in [3.63, 3.8) is 0 Å². The van der Waals surface area contributed by atoms with E-state index < -0.39 is 0 Å². The molecule has 0 unspecified atom stereocenters. The van der Waals surface area contributed by atoms with E-state index >= 15 is 0 Å². The quantitative estimate of drug-likeness (QED) is 0.648. The van der Waals surface area contributed by atoms with Crippen molar-refractivity contribution in [2.24, 2.45) is 0 Å². The molecule has 1 rings (SSSR count). The summed E-state index contributed by atoms with van der Waals surface area (Å²) in [6.45, 7) is 6.07. The lowest BCUT2D eigenvalue weighted by Gasteiger charge is -2.17. The minimum Gasteiger partial charge on any atom is -0.397 e. The minimum atomic E-state index is -0.215. The summed E-state index contributed by atoms with van der Waals surface area (Å²) >= 11 is 5.84.